The Morgan fingerprint density at radius 2 is 2.22 bits per heavy atom. The lowest BCUT2D eigenvalue weighted by molar-refractivity contribution is -0.512. The Kier molecular flexibility index (Phi) is 6.14. The first-order valence-electron chi connectivity index (χ1n) is 10.8. The number of amides is 2. The standard InChI is InChI=1S/C22H21N7O5S2/c1-11-14-5-3-4-6-27(14)10-28(11)7-12-8-35-20-16(19(31)29(20)17(12)21(32)33)25-18(30)15(26-34-2)13-9-36-22(23)24-13/h3-6,9-10,16,20H,7-8H2,1-2H3,(H3-,23,24,25,30,32,33)/p+1/b26-15-/t16-,20-/m1/s1. The molecule has 1 fully saturated rings. The smallest absolute Gasteiger partial charge is 0.352 e. The molecule has 12 nitrogen and oxygen atoms in total. The van der Waals surface area contributed by atoms with Gasteiger partial charge in [-0.3, -0.25) is 14.5 Å². The van der Waals surface area contributed by atoms with Crippen LogP contribution in [-0.2, 0) is 25.8 Å². The van der Waals surface area contributed by atoms with Gasteiger partial charge in [0.25, 0.3) is 11.8 Å². The lowest BCUT2D eigenvalue weighted by atomic mass is 10.0. The van der Waals surface area contributed by atoms with Crippen LogP contribution < -0.4 is 15.5 Å². The molecule has 14 heteroatoms. The lowest BCUT2D eigenvalue weighted by Crippen LogP contribution is -2.71. The van der Waals surface area contributed by atoms with Crippen molar-refractivity contribution in [2.24, 2.45) is 5.16 Å². The molecule has 5 heterocycles. The van der Waals surface area contributed by atoms with Gasteiger partial charge < -0.3 is 21.0 Å². The number of imidazole rings is 1. The molecule has 0 bridgehead atoms. The highest BCUT2D eigenvalue weighted by molar-refractivity contribution is 8.00. The molecule has 2 atom stereocenters. The minimum atomic E-state index is -1.19. The number of aryl methyl sites for hydroxylation is 1. The molecule has 0 radical (unpaired) electrons. The fourth-order valence-electron chi connectivity index (χ4n) is 4.32. The second-order valence-corrected chi connectivity index (χ2v) is 10.1. The van der Waals surface area contributed by atoms with Gasteiger partial charge in [0.15, 0.2) is 16.4 Å². The Hall–Kier alpha value is -3.91. The zero-order valence-electron chi connectivity index (χ0n) is 19.2. The van der Waals surface area contributed by atoms with Gasteiger partial charge in [-0.25, -0.2) is 18.7 Å². The molecule has 1 saturated heterocycles. The monoisotopic (exact) mass is 528 g/mol. The number of thioether (sulfide) groups is 1. The number of thiazole rings is 1. The van der Waals surface area contributed by atoms with Crippen molar-refractivity contribution in [1.82, 2.24) is 19.8 Å². The third-order valence-electron chi connectivity index (χ3n) is 6.02. The summed E-state index contributed by atoms with van der Waals surface area (Å²) >= 11 is 2.53. The zero-order valence-corrected chi connectivity index (χ0v) is 20.9. The molecule has 3 aromatic heterocycles. The number of nitrogen functional groups attached to an aromatic ring is 1. The van der Waals surface area contributed by atoms with E-state index in [9.17, 15) is 19.5 Å². The van der Waals surface area contributed by atoms with E-state index >= 15 is 0 Å². The average Bonchev–Trinajstić information content (AvgIpc) is 3.43. The van der Waals surface area contributed by atoms with Gasteiger partial charge in [-0.1, -0.05) is 11.2 Å². The minimum absolute atomic E-state index is 0.0468. The van der Waals surface area contributed by atoms with Gasteiger partial charge in [0, 0.05) is 23.6 Å². The number of hydrogen-bond donors (Lipinski definition) is 3. The molecule has 4 N–H and O–H groups in total. The van der Waals surface area contributed by atoms with Crippen LogP contribution in [0.1, 0.15) is 11.4 Å². The van der Waals surface area contributed by atoms with Crippen LogP contribution >= 0.6 is 23.1 Å². The number of nitrogens with two attached hydrogens (primary N) is 1. The number of carbonyl (C=O) groups is 3. The Bertz CT molecular complexity index is 1460. The van der Waals surface area contributed by atoms with E-state index in [0.717, 1.165) is 22.5 Å². The molecule has 0 saturated carbocycles. The van der Waals surface area contributed by atoms with Crippen molar-refractivity contribution >= 4 is 57.2 Å². The first-order chi connectivity index (χ1) is 17.3. The lowest BCUT2D eigenvalue weighted by Gasteiger charge is -2.49. The number of β-lactam (4-membered cyclic amide) rings is 1. The topological polar surface area (TPSA) is 156 Å². The molecule has 0 spiro atoms. The number of carboxylic acid groups (broad SMARTS) is 1. The number of carboxylic acids is 1. The normalized spacial score (nSPS) is 19.8. The number of anilines is 1. The maximum absolute atomic E-state index is 13.1. The number of oxime groups is 1. The van der Waals surface area contributed by atoms with E-state index < -0.39 is 29.2 Å². The van der Waals surface area contributed by atoms with Crippen LogP contribution in [0.3, 0.4) is 0 Å². The van der Waals surface area contributed by atoms with Crippen molar-refractivity contribution in [3.63, 3.8) is 0 Å². The van der Waals surface area contributed by atoms with E-state index in [1.54, 1.807) is 5.38 Å². The van der Waals surface area contributed by atoms with E-state index in [0.29, 0.717) is 17.9 Å². The quantitative estimate of drug-likeness (QED) is 0.172. The molecule has 186 valence electrons. The molecule has 3 aromatic rings. The Balaban J connectivity index is 1.38. The van der Waals surface area contributed by atoms with E-state index in [4.69, 9.17) is 10.6 Å². The number of nitrogens with zero attached hydrogens (tertiary/aromatic N) is 5. The Morgan fingerprint density at radius 3 is 2.89 bits per heavy atom. The number of rotatable bonds is 7. The van der Waals surface area contributed by atoms with E-state index in [2.05, 4.69) is 15.5 Å². The van der Waals surface area contributed by atoms with Gasteiger partial charge in [-0.2, -0.15) is 0 Å². The minimum Gasteiger partial charge on any atom is -0.477 e. The molecular formula is C22H22N7O5S2+. The number of pyridine rings is 1. The van der Waals surface area contributed by atoms with Crippen molar-refractivity contribution in [3.8, 4) is 0 Å². The van der Waals surface area contributed by atoms with Gasteiger partial charge in [0.2, 0.25) is 6.33 Å². The first kappa shape index (κ1) is 23.8. The third-order valence-corrected chi connectivity index (χ3v) is 8.03. The number of aliphatic carboxylic acids is 1. The zero-order chi connectivity index (χ0) is 25.6. The molecular weight excluding hydrogens is 506 g/mol. The molecule has 2 aliphatic heterocycles. The number of nitrogens with one attached hydrogen (secondary N) is 1. The van der Waals surface area contributed by atoms with Crippen LogP contribution in [0.25, 0.3) is 5.52 Å². The van der Waals surface area contributed by atoms with Crippen LogP contribution in [0, 0.1) is 6.92 Å². The van der Waals surface area contributed by atoms with Crippen LogP contribution in [0.4, 0.5) is 5.13 Å². The van der Waals surface area contributed by atoms with Crippen LogP contribution in [-0.4, -0.2) is 67.3 Å². The van der Waals surface area contributed by atoms with Gasteiger partial charge in [0.05, 0.1) is 6.20 Å². The van der Waals surface area contributed by atoms with E-state index in [1.807, 2.05) is 46.6 Å². The van der Waals surface area contributed by atoms with Crippen molar-refractivity contribution in [1.29, 1.82) is 0 Å². The van der Waals surface area contributed by atoms with Crippen LogP contribution in [0.5, 0.6) is 0 Å². The van der Waals surface area contributed by atoms with E-state index in [-0.39, 0.29) is 22.2 Å². The van der Waals surface area contributed by atoms with Gasteiger partial charge in [-0.05, 0) is 12.1 Å². The SMILES string of the molecule is CO/N=C(\C(=O)N[C@@H]1C(=O)N2C(C(=O)O)=C(Cn3c[n+]4ccccc4c3C)CS[C@H]12)c1csc(N)n1. The molecule has 0 unspecified atom stereocenters. The fraction of sp³-hybridized carbons (Fsp3) is 0.273. The van der Waals surface area contributed by atoms with Crippen LogP contribution in [0.2, 0.25) is 0 Å². The molecule has 0 aliphatic carbocycles. The maximum Gasteiger partial charge on any atom is 0.352 e. The molecule has 2 aliphatic rings. The fourth-order valence-corrected chi connectivity index (χ4v) is 6.20. The number of fused-ring (bicyclic) bond motifs is 2. The summed E-state index contributed by atoms with van der Waals surface area (Å²) in [6.45, 7) is 2.29. The summed E-state index contributed by atoms with van der Waals surface area (Å²) in [5.74, 6) is -1.97. The molecule has 0 aromatic carbocycles. The number of aromatic nitrogens is 3. The second kappa shape index (κ2) is 9.28. The van der Waals surface area contributed by atoms with Crippen LogP contribution in [0.15, 0.2) is 52.5 Å². The average molecular weight is 529 g/mol. The second-order valence-electron chi connectivity index (χ2n) is 8.13. The molecule has 2 amide bonds. The summed E-state index contributed by atoms with van der Waals surface area (Å²) in [6.07, 6.45) is 3.82. The summed E-state index contributed by atoms with van der Waals surface area (Å²) < 4.78 is 3.93. The van der Waals surface area contributed by atoms with Gasteiger partial charge in [0.1, 0.15) is 42.2 Å². The number of carbonyl (C=O) groups excluding carboxylic acids is 2. The van der Waals surface area contributed by atoms with Gasteiger partial charge >= 0.3 is 5.97 Å². The Morgan fingerprint density at radius 1 is 1.42 bits per heavy atom. The largest absolute Gasteiger partial charge is 0.477 e. The maximum atomic E-state index is 13.1. The highest BCUT2D eigenvalue weighted by atomic mass is 32.2. The third kappa shape index (κ3) is 3.97. The predicted octanol–water partition coefficient (Wildman–Crippen LogP) is 0.363. The Labute approximate surface area is 213 Å². The molecule has 36 heavy (non-hydrogen) atoms. The predicted molar refractivity (Wildman–Crippen MR) is 132 cm³/mol. The van der Waals surface area contributed by atoms with Crippen molar-refractivity contribution in [3.05, 3.63) is 58.8 Å². The molecule has 5 rings (SSSR count). The summed E-state index contributed by atoms with van der Waals surface area (Å²) in [4.78, 5) is 48.3. The van der Waals surface area contributed by atoms with Gasteiger partial charge in [-0.15, -0.1) is 23.1 Å². The summed E-state index contributed by atoms with van der Waals surface area (Å²) in [5, 5.41) is 17.6. The van der Waals surface area contributed by atoms with E-state index in [1.165, 1.54) is 23.8 Å². The highest BCUT2D eigenvalue weighted by Gasteiger charge is 2.54. The number of hydrogen-bond acceptors (Lipinski definition) is 9. The van der Waals surface area contributed by atoms with Crippen molar-refractivity contribution < 1.29 is 28.7 Å². The summed E-state index contributed by atoms with van der Waals surface area (Å²) in [6, 6.07) is 4.92. The summed E-state index contributed by atoms with van der Waals surface area (Å²) in [5.41, 5.74) is 8.31. The first-order valence-corrected chi connectivity index (χ1v) is 12.7. The van der Waals surface area contributed by atoms with Crippen molar-refractivity contribution in [2.75, 3.05) is 18.6 Å². The highest BCUT2D eigenvalue weighted by Crippen LogP contribution is 2.40. The summed E-state index contributed by atoms with van der Waals surface area (Å²) in [7, 11) is 1.29. The van der Waals surface area contributed by atoms with Crippen molar-refractivity contribution in [2.45, 2.75) is 24.9 Å².